The third-order valence-corrected chi connectivity index (χ3v) is 6.41. The van der Waals surface area contributed by atoms with Crippen LogP contribution in [0.1, 0.15) is 30.3 Å². The van der Waals surface area contributed by atoms with E-state index in [9.17, 15) is 0 Å². The highest BCUT2D eigenvalue weighted by Gasteiger charge is 2.28. The number of aryl methyl sites for hydroxylation is 1. The molecule has 1 fully saturated rings. The van der Waals surface area contributed by atoms with Gasteiger partial charge in [0.1, 0.15) is 17.4 Å². The van der Waals surface area contributed by atoms with Crippen LogP contribution < -0.4 is 4.74 Å². The second-order valence-electron chi connectivity index (χ2n) is 8.58. The van der Waals surface area contributed by atoms with Crippen molar-refractivity contribution in [3.05, 3.63) is 72.2 Å². The fourth-order valence-electron chi connectivity index (χ4n) is 4.87. The molecule has 156 valence electrons. The lowest BCUT2D eigenvalue weighted by Gasteiger charge is -2.15. The summed E-state index contributed by atoms with van der Waals surface area (Å²) in [5, 5.41) is 0. The van der Waals surface area contributed by atoms with E-state index in [-0.39, 0.29) is 6.10 Å². The van der Waals surface area contributed by atoms with E-state index in [0.717, 1.165) is 60.6 Å². The van der Waals surface area contributed by atoms with Crippen molar-refractivity contribution >= 4 is 11.2 Å². The van der Waals surface area contributed by atoms with Gasteiger partial charge in [-0.05, 0) is 43.7 Å². The summed E-state index contributed by atoms with van der Waals surface area (Å²) in [6, 6.07) is 19.1. The van der Waals surface area contributed by atoms with E-state index < -0.39 is 0 Å². The highest BCUT2D eigenvalue weighted by atomic mass is 16.5. The predicted octanol–water partition coefficient (Wildman–Crippen LogP) is 4.11. The van der Waals surface area contributed by atoms with Crippen LogP contribution in [0, 0.1) is 0 Å². The zero-order valence-corrected chi connectivity index (χ0v) is 17.6. The molecule has 0 radical (unpaired) electrons. The minimum atomic E-state index is 0.202. The Balaban J connectivity index is 1.35. The average molecular weight is 412 g/mol. The maximum absolute atomic E-state index is 6.13. The summed E-state index contributed by atoms with van der Waals surface area (Å²) in [5.41, 5.74) is 5.16. The Hall–Kier alpha value is -3.25. The molecule has 0 spiro atoms. The van der Waals surface area contributed by atoms with Crippen LogP contribution in [0.3, 0.4) is 0 Å². The molecule has 2 aliphatic heterocycles. The first kappa shape index (κ1) is 18.5. The molecule has 1 unspecified atom stereocenters. The number of imidazole rings is 1. The van der Waals surface area contributed by atoms with Gasteiger partial charge in [-0.2, -0.15) is 0 Å². The van der Waals surface area contributed by atoms with Crippen LogP contribution in [0.5, 0.6) is 5.88 Å². The Morgan fingerprint density at radius 1 is 1.00 bits per heavy atom. The van der Waals surface area contributed by atoms with Crippen molar-refractivity contribution in [2.24, 2.45) is 0 Å². The third kappa shape index (κ3) is 3.37. The third-order valence-electron chi connectivity index (χ3n) is 6.41. The number of ether oxygens (including phenoxy) is 1. The molecule has 6 heteroatoms. The number of likely N-dealkylation sites (N-methyl/N-ethyl adjacent to an activating group) is 1. The van der Waals surface area contributed by atoms with E-state index in [1.165, 1.54) is 5.56 Å². The number of hydrogen-bond acceptors (Lipinski definition) is 5. The molecule has 5 heterocycles. The smallest absolute Gasteiger partial charge is 0.214 e. The highest BCUT2D eigenvalue weighted by molar-refractivity contribution is 5.77. The van der Waals surface area contributed by atoms with Crippen LogP contribution in [-0.2, 0) is 6.42 Å². The fraction of sp³-hybridized carbons (Fsp3) is 0.320. The SMILES string of the molecule is CN1CC[C@H](Oc2cc(-c3ccc4nc5n(c4n3)C(c3ccccc3)CC5)ccn2)C1. The van der Waals surface area contributed by atoms with Crippen molar-refractivity contribution in [1.82, 2.24) is 24.4 Å². The van der Waals surface area contributed by atoms with E-state index in [2.05, 4.69) is 57.9 Å². The molecule has 0 aliphatic carbocycles. The second-order valence-corrected chi connectivity index (χ2v) is 8.58. The van der Waals surface area contributed by atoms with Crippen LogP contribution in [0.2, 0.25) is 0 Å². The van der Waals surface area contributed by atoms with Gasteiger partial charge in [0.15, 0.2) is 5.65 Å². The minimum Gasteiger partial charge on any atom is -0.473 e. The van der Waals surface area contributed by atoms with Crippen LogP contribution in [0.4, 0.5) is 0 Å². The maximum atomic E-state index is 6.13. The van der Waals surface area contributed by atoms with Gasteiger partial charge in [-0.25, -0.2) is 15.0 Å². The Bertz CT molecular complexity index is 1240. The molecule has 6 rings (SSSR count). The fourth-order valence-corrected chi connectivity index (χ4v) is 4.87. The summed E-state index contributed by atoms with van der Waals surface area (Å²) >= 11 is 0. The molecule has 2 atom stereocenters. The van der Waals surface area contributed by atoms with Gasteiger partial charge in [0.05, 0.1) is 11.7 Å². The van der Waals surface area contributed by atoms with Crippen LogP contribution in [0.15, 0.2) is 60.8 Å². The predicted molar refractivity (Wildman–Crippen MR) is 120 cm³/mol. The second kappa shape index (κ2) is 7.46. The van der Waals surface area contributed by atoms with Crippen molar-refractivity contribution in [3.8, 4) is 17.1 Å². The Morgan fingerprint density at radius 3 is 2.74 bits per heavy atom. The molecular weight excluding hydrogens is 386 g/mol. The first-order valence-electron chi connectivity index (χ1n) is 11.0. The summed E-state index contributed by atoms with van der Waals surface area (Å²) in [4.78, 5) is 16.6. The Morgan fingerprint density at radius 2 is 1.90 bits per heavy atom. The molecule has 0 saturated carbocycles. The van der Waals surface area contributed by atoms with Crippen molar-refractivity contribution in [2.75, 3.05) is 20.1 Å². The van der Waals surface area contributed by atoms with Gasteiger partial charge in [0.25, 0.3) is 0 Å². The average Bonchev–Trinajstić information content (AvgIpc) is 3.49. The first-order valence-corrected chi connectivity index (χ1v) is 11.0. The number of likely N-dealkylation sites (tertiary alicyclic amines) is 1. The van der Waals surface area contributed by atoms with E-state index in [1.54, 1.807) is 0 Å². The van der Waals surface area contributed by atoms with E-state index in [1.807, 2.05) is 24.4 Å². The molecule has 4 aromatic rings. The van der Waals surface area contributed by atoms with Gasteiger partial charge in [-0.15, -0.1) is 0 Å². The lowest BCUT2D eigenvalue weighted by Crippen LogP contribution is -2.21. The molecule has 31 heavy (non-hydrogen) atoms. The van der Waals surface area contributed by atoms with Gasteiger partial charge in [-0.3, -0.25) is 0 Å². The molecule has 0 amide bonds. The van der Waals surface area contributed by atoms with Gasteiger partial charge in [-0.1, -0.05) is 30.3 Å². The quantitative estimate of drug-likeness (QED) is 0.506. The van der Waals surface area contributed by atoms with Gasteiger partial charge >= 0.3 is 0 Å². The number of aromatic nitrogens is 4. The summed E-state index contributed by atoms with van der Waals surface area (Å²) in [7, 11) is 2.12. The summed E-state index contributed by atoms with van der Waals surface area (Å²) in [6.07, 6.45) is 5.09. The monoisotopic (exact) mass is 411 g/mol. The molecule has 6 nitrogen and oxygen atoms in total. The summed E-state index contributed by atoms with van der Waals surface area (Å²) in [5.74, 6) is 1.79. The standard InChI is InChI=1S/C25H25N5O/c1-29-14-12-19(16-29)31-24-15-18(11-13-26-24)20-7-8-21-25(28-20)30-22(9-10-23(30)27-21)17-5-3-2-4-6-17/h2-8,11,13,15,19,22H,9-10,12,14,16H2,1H3/t19-,22?/m0/s1. The molecule has 1 saturated heterocycles. The number of rotatable bonds is 4. The number of hydrogen-bond donors (Lipinski definition) is 0. The molecule has 2 aliphatic rings. The minimum absolute atomic E-state index is 0.202. The van der Waals surface area contributed by atoms with Crippen LogP contribution in [0.25, 0.3) is 22.4 Å². The molecule has 0 N–H and O–H groups in total. The van der Waals surface area contributed by atoms with Crippen molar-refractivity contribution in [2.45, 2.75) is 31.4 Å². The molecular formula is C25H25N5O. The first-order chi connectivity index (χ1) is 15.2. The molecule has 3 aromatic heterocycles. The number of benzene rings is 1. The van der Waals surface area contributed by atoms with Crippen LogP contribution >= 0.6 is 0 Å². The number of nitrogens with zero attached hydrogens (tertiary/aromatic N) is 5. The Labute approximate surface area is 181 Å². The van der Waals surface area contributed by atoms with Gasteiger partial charge in [0.2, 0.25) is 5.88 Å². The lowest BCUT2D eigenvalue weighted by atomic mass is 10.0. The normalized spacial score (nSPS) is 20.9. The number of fused-ring (bicyclic) bond motifs is 3. The number of pyridine rings is 2. The van der Waals surface area contributed by atoms with Gasteiger partial charge in [0, 0.05) is 37.3 Å². The lowest BCUT2D eigenvalue weighted by molar-refractivity contribution is 0.200. The Kier molecular flexibility index (Phi) is 4.46. The largest absolute Gasteiger partial charge is 0.473 e. The zero-order chi connectivity index (χ0) is 20.8. The van der Waals surface area contributed by atoms with Crippen molar-refractivity contribution < 1.29 is 4.74 Å². The zero-order valence-electron chi connectivity index (χ0n) is 17.6. The van der Waals surface area contributed by atoms with Gasteiger partial charge < -0.3 is 14.2 Å². The maximum Gasteiger partial charge on any atom is 0.214 e. The highest BCUT2D eigenvalue weighted by Crippen LogP contribution is 2.35. The van der Waals surface area contributed by atoms with E-state index in [0.29, 0.717) is 11.9 Å². The molecule has 0 bridgehead atoms. The van der Waals surface area contributed by atoms with E-state index >= 15 is 0 Å². The van der Waals surface area contributed by atoms with Crippen molar-refractivity contribution in [3.63, 3.8) is 0 Å². The topological polar surface area (TPSA) is 56.1 Å². The molecule has 1 aromatic carbocycles. The summed E-state index contributed by atoms with van der Waals surface area (Å²) < 4.78 is 8.45. The summed E-state index contributed by atoms with van der Waals surface area (Å²) in [6.45, 7) is 2.01. The van der Waals surface area contributed by atoms with Crippen LogP contribution in [-0.4, -0.2) is 50.7 Å². The van der Waals surface area contributed by atoms with Crippen molar-refractivity contribution in [1.29, 1.82) is 0 Å². The van der Waals surface area contributed by atoms with E-state index in [4.69, 9.17) is 14.7 Å².